The van der Waals surface area contributed by atoms with Gasteiger partial charge in [-0.2, -0.15) is 0 Å². The molecule has 1 saturated carbocycles. The molecule has 0 unspecified atom stereocenters. The lowest BCUT2D eigenvalue weighted by Crippen LogP contribution is -2.42. The molecule has 2 saturated heterocycles. The summed E-state index contributed by atoms with van der Waals surface area (Å²) in [6.45, 7) is 6.24. The SMILES string of the molecule is CN(C(=O)OCc1cc([C@@H]2CC3(CC3)[C@@H]3CN2C(=O)N3O)no1)C(C)(C)C. The minimum atomic E-state index is -0.441. The molecule has 1 aromatic rings. The van der Waals surface area contributed by atoms with Crippen LogP contribution in [-0.4, -0.2) is 62.5 Å². The van der Waals surface area contributed by atoms with Crippen molar-refractivity contribution in [2.75, 3.05) is 13.6 Å². The molecule has 4 rings (SSSR count). The number of fused-ring (bicyclic) bond motifs is 3. The number of hydrogen-bond acceptors (Lipinski definition) is 6. The molecular weight excluding hydrogens is 352 g/mol. The normalized spacial score (nSPS) is 25.9. The number of rotatable bonds is 3. The molecule has 1 N–H and O–H groups in total. The Morgan fingerprint density at radius 2 is 2.19 bits per heavy atom. The first-order chi connectivity index (χ1) is 12.6. The molecule has 27 heavy (non-hydrogen) atoms. The van der Waals surface area contributed by atoms with Crippen molar-refractivity contribution in [3.05, 3.63) is 17.5 Å². The minimum Gasteiger partial charge on any atom is -0.441 e. The number of carbonyl (C=O) groups excluding carboxylic acids is 2. The van der Waals surface area contributed by atoms with Crippen molar-refractivity contribution in [1.29, 1.82) is 0 Å². The standard InChI is InChI=1S/C18H26N4O5/c1-17(2,3)20(4)16(24)26-10-11-7-12(19-27-11)13-8-18(5-6-18)14-9-21(13)15(23)22(14)25/h7,13-14,25H,5-6,8-10H2,1-4H3/t13-,14-/m0/s1. The van der Waals surface area contributed by atoms with Crippen LogP contribution in [0.25, 0.3) is 0 Å². The van der Waals surface area contributed by atoms with Gasteiger partial charge in [0.15, 0.2) is 12.4 Å². The number of amides is 3. The maximum Gasteiger partial charge on any atom is 0.410 e. The Morgan fingerprint density at radius 3 is 2.81 bits per heavy atom. The summed E-state index contributed by atoms with van der Waals surface area (Å²) < 4.78 is 10.6. The zero-order valence-corrected chi connectivity index (χ0v) is 16.1. The van der Waals surface area contributed by atoms with Gasteiger partial charge >= 0.3 is 12.1 Å². The Morgan fingerprint density at radius 1 is 1.48 bits per heavy atom. The Kier molecular flexibility index (Phi) is 3.92. The van der Waals surface area contributed by atoms with Crippen LogP contribution in [0.4, 0.5) is 9.59 Å². The predicted octanol–water partition coefficient (Wildman–Crippen LogP) is 2.76. The highest BCUT2D eigenvalue weighted by Gasteiger charge is 2.63. The molecule has 2 bridgehead atoms. The van der Waals surface area contributed by atoms with E-state index in [1.807, 2.05) is 20.8 Å². The average molecular weight is 378 g/mol. The number of hydrogen-bond donors (Lipinski definition) is 1. The molecule has 9 heteroatoms. The molecule has 3 aliphatic rings. The molecule has 1 spiro atoms. The first-order valence-corrected chi connectivity index (χ1v) is 9.27. The van der Waals surface area contributed by atoms with Crippen molar-refractivity contribution in [2.45, 2.75) is 64.3 Å². The molecule has 1 aliphatic carbocycles. The summed E-state index contributed by atoms with van der Waals surface area (Å²) in [4.78, 5) is 27.6. The molecule has 9 nitrogen and oxygen atoms in total. The summed E-state index contributed by atoms with van der Waals surface area (Å²) in [7, 11) is 1.68. The molecule has 3 heterocycles. The van der Waals surface area contributed by atoms with E-state index in [1.54, 1.807) is 18.0 Å². The highest BCUT2D eigenvalue weighted by atomic mass is 16.6. The first kappa shape index (κ1) is 18.1. The fraction of sp³-hybridized carbons (Fsp3) is 0.722. The summed E-state index contributed by atoms with van der Waals surface area (Å²) in [5, 5.41) is 15.1. The quantitative estimate of drug-likeness (QED) is 0.812. The fourth-order valence-corrected chi connectivity index (χ4v) is 3.97. The van der Waals surface area contributed by atoms with E-state index in [1.165, 1.54) is 4.90 Å². The molecular formula is C18H26N4O5. The monoisotopic (exact) mass is 378 g/mol. The number of urea groups is 1. The van der Waals surface area contributed by atoms with E-state index in [0.29, 0.717) is 18.0 Å². The van der Waals surface area contributed by atoms with Gasteiger partial charge in [-0.05, 0) is 45.4 Å². The molecule has 148 valence electrons. The number of carbonyl (C=O) groups is 2. The molecule has 2 aliphatic heterocycles. The van der Waals surface area contributed by atoms with Gasteiger partial charge in [-0.15, -0.1) is 0 Å². The van der Waals surface area contributed by atoms with Crippen molar-refractivity contribution < 1.29 is 24.1 Å². The van der Waals surface area contributed by atoms with Crippen LogP contribution in [0.1, 0.15) is 57.5 Å². The number of nitrogens with zero attached hydrogens (tertiary/aromatic N) is 4. The van der Waals surface area contributed by atoms with E-state index < -0.39 is 6.09 Å². The lowest BCUT2D eigenvalue weighted by atomic mass is 9.84. The summed E-state index contributed by atoms with van der Waals surface area (Å²) in [5.41, 5.74) is 0.287. The summed E-state index contributed by atoms with van der Waals surface area (Å²) in [6, 6.07) is 1.01. The van der Waals surface area contributed by atoms with Crippen molar-refractivity contribution in [3.63, 3.8) is 0 Å². The van der Waals surface area contributed by atoms with E-state index in [9.17, 15) is 14.8 Å². The maximum absolute atomic E-state index is 12.3. The second kappa shape index (κ2) is 5.85. The largest absolute Gasteiger partial charge is 0.441 e. The van der Waals surface area contributed by atoms with Crippen LogP contribution in [0.5, 0.6) is 0 Å². The number of piperidine rings is 1. The van der Waals surface area contributed by atoms with Crippen molar-refractivity contribution in [1.82, 2.24) is 20.0 Å². The van der Waals surface area contributed by atoms with Gasteiger partial charge in [0.2, 0.25) is 0 Å². The van der Waals surface area contributed by atoms with Gasteiger partial charge in [0.25, 0.3) is 0 Å². The molecule has 0 radical (unpaired) electrons. The maximum atomic E-state index is 12.3. The van der Waals surface area contributed by atoms with Gasteiger partial charge in [0.05, 0.1) is 12.1 Å². The smallest absolute Gasteiger partial charge is 0.410 e. The number of ether oxygens (including phenoxy) is 1. The van der Waals surface area contributed by atoms with Crippen LogP contribution in [0, 0.1) is 5.41 Å². The number of hydroxylamine groups is 2. The van der Waals surface area contributed by atoms with Crippen LogP contribution in [0.15, 0.2) is 10.6 Å². The van der Waals surface area contributed by atoms with Gasteiger partial charge in [0.1, 0.15) is 5.69 Å². The van der Waals surface area contributed by atoms with Crippen molar-refractivity contribution in [2.24, 2.45) is 5.41 Å². The Balaban J connectivity index is 1.44. The van der Waals surface area contributed by atoms with Gasteiger partial charge in [-0.3, -0.25) is 5.21 Å². The van der Waals surface area contributed by atoms with E-state index in [-0.39, 0.29) is 35.7 Å². The molecule has 3 amide bonds. The third-order valence-corrected chi connectivity index (χ3v) is 6.22. The van der Waals surface area contributed by atoms with Crippen molar-refractivity contribution >= 4 is 12.1 Å². The van der Waals surface area contributed by atoms with Gasteiger partial charge in [-0.1, -0.05) is 5.16 Å². The van der Waals surface area contributed by atoms with Crippen LogP contribution < -0.4 is 0 Å². The van der Waals surface area contributed by atoms with Crippen LogP contribution in [0.3, 0.4) is 0 Å². The molecule has 3 fully saturated rings. The minimum absolute atomic E-state index is 0.0108. The highest BCUT2D eigenvalue weighted by molar-refractivity contribution is 5.77. The summed E-state index contributed by atoms with van der Waals surface area (Å²) in [6.07, 6.45) is 2.34. The summed E-state index contributed by atoms with van der Waals surface area (Å²) >= 11 is 0. The lowest BCUT2D eigenvalue weighted by molar-refractivity contribution is -0.0782. The molecule has 1 aromatic heterocycles. The van der Waals surface area contributed by atoms with Crippen molar-refractivity contribution in [3.8, 4) is 0 Å². The topological polar surface area (TPSA) is 99.4 Å². The van der Waals surface area contributed by atoms with E-state index in [2.05, 4.69) is 5.16 Å². The van der Waals surface area contributed by atoms with Gasteiger partial charge < -0.3 is 19.1 Å². The zero-order chi connectivity index (χ0) is 19.6. The Hall–Kier alpha value is -2.29. The van der Waals surface area contributed by atoms with Crippen LogP contribution in [0.2, 0.25) is 0 Å². The molecule has 2 atom stereocenters. The highest BCUT2D eigenvalue weighted by Crippen LogP contribution is 2.61. The fourth-order valence-electron chi connectivity index (χ4n) is 3.97. The third-order valence-electron chi connectivity index (χ3n) is 6.22. The second-order valence-corrected chi connectivity index (χ2v) is 8.88. The molecule has 0 aromatic carbocycles. The third kappa shape index (κ3) is 2.93. The van der Waals surface area contributed by atoms with Crippen LogP contribution in [-0.2, 0) is 11.3 Å². The van der Waals surface area contributed by atoms with E-state index >= 15 is 0 Å². The van der Waals surface area contributed by atoms with Crippen LogP contribution >= 0.6 is 0 Å². The van der Waals surface area contributed by atoms with Gasteiger partial charge in [-0.25, -0.2) is 14.7 Å². The summed E-state index contributed by atoms with van der Waals surface area (Å²) in [5.74, 6) is 0.431. The van der Waals surface area contributed by atoms with E-state index in [4.69, 9.17) is 9.26 Å². The second-order valence-electron chi connectivity index (χ2n) is 8.88. The zero-order valence-electron chi connectivity index (χ0n) is 16.1. The lowest BCUT2D eigenvalue weighted by Gasteiger charge is -2.35. The predicted molar refractivity (Wildman–Crippen MR) is 92.7 cm³/mol. The Bertz CT molecular complexity index is 766. The number of aromatic nitrogens is 1. The Labute approximate surface area is 157 Å². The van der Waals surface area contributed by atoms with Gasteiger partial charge in [0, 0.05) is 25.2 Å². The average Bonchev–Trinajstić information content (AvgIpc) is 3.12. The van der Waals surface area contributed by atoms with E-state index in [0.717, 1.165) is 24.3 Å². The first-order valence-electron chi connectivity index (χ1n) is 9.27.